The SMILES string of the molecule is CCCCN(C)C(=O)c1cc(Nc2ccc(F)c(F)c2F)ccn1. The molecule has 0 saturated heterocycles. The molecule has 0 unspecified atom stereocenters. The van der Waals surface area contributed by atoms with E-state index in [4.69, 9.17) is 0 Å². The molecule has 0 radical (unpaired) electrons. The number of amides is 1. The average Bonchev–Trinajstić information content (AvgIpc) is 2.59. The molecular weight excluding hydrogens is 319 g/mol. The zero-order valence-corrected chi connectivity index (χ0v) is 13.4. The Hall–Kier alpha value is -2.57. The van der Waals surface area contributed by atoms with Gasteiger partial charge < -0.3 is 10.2 Å². The molecule has 0 fully saturated rings. The molecule has 24 heavy (non-hydrogen) atoms. The van der Waals surface area contributed by atoms with E-state index in [1.165, 1.54) is 18.3 Å². The minimum absolute atomic E-state index is 0.182. The standard InChI is InChI=1S/C17H18F3N3O/c1-3-4-9-23(2)17(24)14-10-11(7-8-21-14)22-13-6-5-12(18)15(19)16(13)20/h5-8,10H,3-4,9H2,1-2H3,(H,21,22). The fourth-order valence-electron chi connectivity index (χ4n) is 2.10. The largest absolute Gasteiger partial charge is 0.353 e. The minimum Gasteiger partial charge on any atom is -0.353 e. The van der Waals surface area contributed by atoms with Gasteiger partial charge in [-0.3, -0.25) is 9.78 Å². The first kappa shape index (κ1) is 17.8. The highest BCUT2D eigenvalue weighted by atomic mass is 19.2. The summed E-state index contributed by atoms with van der Waals surface area (Å²) in [6.45, 7) is 2.63. The van der Waals surface area contributed by atoms with Crippen molar-refractivity contribution >= 4 is 17.3 Å². The molecule has 1 amide bonds. The molecule has 4 nitrogen and oxygen atoms in total. The zero-order chi connectivity index (χ0) is 17.7. The third-order valence-electron chi connectivity index (χ3n) is 3.49. The number of halogens is 3. The predicted molar refractivity (Wildman–Crippen MR) is 85.7 cm³/mol. The number of carbonyl (C=O) groups excluding carboxylic acids is 1. The van der Waals surface area contributed by atoms with E-state index >= 15 is 0 Å². The van der Waals surface area contributed by atoms with E-state index in [1.807, 2.05) is 6.92 Å². The van der Waals surface area contributed by atoms with Gasteiger partial charge in [0.15, 0.2) is 17.5 Å². The second kappa shape index (κ2) is 7.81. The van der Waals surface area contributed by atoms with Gasteiger partial charge in [0.25, 0.3) is 5.91 Å². The summed E-state index contributed by atoms with van der Waals surface area (Å²) in [6, 6.07) is 4.85. The minimum atomic E-state index is -1.55. The molecule has 0 aliphatic rings. The lowest BCUT2D eigenvalue weighted by molar-refractivity contribution is 0.0787. The molecule has 2 aromatic rings. The van der Waals surface area contributed by atoms with E-state index in [9.17, 15) is 18.0 Å². The van der Waals surface area contributed by atoms with Crippen LogP contribution < -0.4 is 5.32 Å². The molecule has 0 saturated carbocycles. The number of hydrogen-bond acceptors (Lipinski definition) is 3. The van der Waals surface area contributed by atoms with Gasteiger partial charge >= 0.3 is 0 Å². The van der Waals surface area contributed by atoms with Crippen LogP contribution in [0.5, 0.6) is 0 Å². The second-order valence-corrected chi connectivity index (χ2v) is 5.36. The average molecular weight is 337 g/mol. The van der Waals surface area contributed by atoms with E-state index in [0.29, 0.717) is 12.2 Å². The molecular formula is C17H18F3N3O. The lowest BCUT2D eigenvalue weighted by atomic mass is 10.2. The van der Waals surface area contributed by atoms with Crippen LogP contribution in [0.3, 0.4) is 0 Å². The summed E-state index contributed by atoms with van der Waals surface area (Å²) in [4.78, 5) is 17.8. The summed E-state index contributed by atoms with van der Waals surface area (Å²) in [7, 11) is 1.68. The number of carbonyl (C=O) groups is 1. The molecule has 2 rings (SSSR count). The normalized spacial score (nSPS) is 10.5. The maximum Gasteiger partial charge on any atom is 0.272 e. The Labute approximate surface area is 138 Å². The van der Waals surface area contributed by atoms with Crippen LogP contribution in [-0.4, -0.2) is 29.4 Å². The molecule has 7 heteroatoms. The van der Waals surface area contributed by atoms with Crippen molar-refractivity contribution in [2.45, 2.75) is 19.8 Å². The molecule has 1 aromatic heterocycles. The van der Waals surface area contributed by atoms with Crippen LogP contribution in [0, 0.1) is 17.5 Å². The first-order chi connectivity index (χ1) is 11.4. The first-order valence-corrected chi connectivity index (χ1v) is 7.56. The highest BCUT2D eigenvalue weighted by Gasteiger charge is 2.16. The number of benzene rings is 1. The smallest absolute Gasteiger partial charge is 0.272 e. The van der Waals surface area contributed by atoms with Crippen LogP contribution in [-0.2, 0) is 0 Å². The maximum absolute atomic E-state index is 13.7. The number of anilines is 2. The van der Waals surface area contributed by atoms with Crippen LogP contribution in [0.2, 0.25) is 0 Å². The number of nitrogens with one attached hydrogen (secondary N) is 1. The number of aromatic nitrogens is 1. The Morgan fingerprint density at radius 2 is 1.96 bits per heavy atom. The monoisotopic (exact) mass is 337 g/mol. The Kier molecular flexibility index (Phi) is 5.78. The Morgan fingerprint density at radius 1 is 1.21 bits per heavy atom. The number of unbranched alkanes of at least 4 members (excludes halogenated alkanes) is 1. The predicted octanol–water partition coefficient (Wildman–Crippen LogP) is 4.11. The van der Waals surface area contributed by atoms with E-state index in [0.717, 1.165) is 25.0 Å². The van der Waals surface area contributed by atoms with Crippen molar-refractivity contribution in [3.63, 3.8) is 0 Å². The van der Waals surface area contributed by atoms with Crippen molar-refractivity contribution < 1.29 is 18.0 Å². The number of pyridine rings is 1. The van der Waals surface area contributed by atoms with Crippen molar-refractivity contribution in [2.75, 3.05) is 18.9 Å². The summed E-state index contributed by atoms with van der Waals surface area (Å²) in [6.07, 6.45) is 3.23. The Morgan fingerprint density at radius 3 is 2.67 bits per heavy atom. The van der Waals surface area contributed by atoms with Crippen LogP contribution in [0.1, 0.15) is 30.3 Å². The number of hydrogen-bond donors (Lipinski definition) is 1. The van der Waals surface area contributed by atoms with Crippen LogP contribution in [0.15, 0.2) is 30.5 Å². The van der Waals surface area contributed by atoms with Gasteiger partial charge in [-0.2, -0.15) is 0 Å². The van der Waals surface area contributed by atoms with Gasteiger partial charge in [-0.15, -0.1) is 0 Å². The fraction of sp³-hybridized carbons (Fsp3) is 0.294. The molecule has 0 aliphatic heterocycles. The van der Waals surface area contributed by atoms with Gasteiger partial charge in [-0.1, -0.05) is 13.3 Å². The summed E-state index contributed by atoms with van der Waals surface area (Å²) in [5.41, 5.74) is 0.307. The summed E-state index contributed by atoms with van der Waals surface area (Å²) in [5.74, 6) is -4.40. The molecule has 1 N–H and O–H groups in total. The highest BCUT2D eigenvalue weighted by Crippen LogP contribution is 2.23. The van der Waals surface area contributed by atoms with Crippen molar-refractivity contribution in [2.24, 2.45) is 0 Å². The van der Waals surface area contributed by atoms with E-state index in [-0.39, 0.29) is 17.3 Å². The van der Waals surface area contributed by atoms with Crippen LogP contribution in [0.25, 0.3) is 0 Å². The number of nitrogens with zero attached hydrogens (tertiary/aromatic N) is 2. The molecule has 0 atom stereocenters. The molecule has 0 aliphatic carbocycles. The van der Waals surface area contributed by atoms with E-state index in [1.54, 1.807) is 11.9 Å². The van der Waals surface area contributed by atoms with Gasteiger partial charge in [0.1, 0.15) is 5.69 Å². The lowest BCUT2D eigenvalue weighted by Gasteiger charge is -2.16. The molecule has 128 valence electrons. The van der Waals surface area contributed by atoms with E-state index < -0.39 is 17.5 Å². The molecule has 1 heterocycles. The van der Waals surface area contributed by atoms with Gasteiger partial charge in [0.05, 0.1) is 5.69 Å². The number of rotatable bonds is 6. The summed E-state index contributed by atoms with van der Waals surface area (Å²) >= 11 is 0. The molecule has 1 aromatic carbocycles. The van der Waals surface area contributed by atoms with Crippen molar-refractivity contribution in [3.8, 4) is 0 Å². The zero-order valence-electron chi connectivity index (χ0n) is 13.4. The van der Waals surface area contributed by atoms with Gasteiger partial charge in [-0.05, 0) is 30.7 Å². The van der Waals surface area contributed by atoms with Crippen LogP contribution >= 0.6 is 0 Å². The summed E-state index contributed by atoms with van der Waals surface area (Å²) in [5, 5.41) is 2.63. The third kappa shape index (κ3) is 4.04. The highest BCUT2D eigenvalue weighted by molar-refractivity contribution is 5.93. The van der Waals surface area contributed by atoms with Gasteiger partial charge in [0.2, 0.25) is 0 Å². The van der Waals surface area contributed by atoms with E-state index in [2.05, 4.69) is 10.3 Å². The Balaban J connectivity index is 2.19. The van der Waals surface area contributed by atoms with Crippen molar-refractivity contribution in [1.29, 1.82) is 0 Å². The topological polar surface area (TPSA) is 45.2 Å². The van der Waals surface area contributed by atoms with Gasteiger partial charge in [0, 0.05) is 25.5 Å². The first-order valence-electron chi connectivity index (χ1n) is 7.56. The molecule has 0 spiro atoms. The lowest BCUT2D eigenvalue weighted by Crippen LogP contribution is -2.28. The van der Waals surface area contributed by atoms with Crippen molar-refractivity contribution in [3.05, 3.63) is 53.6 Å². The summed E-state index contributed by atoms with van der Waals surface area (Å²) < 4.78 is 39.9. The quantitative estimate of drug-likeness (QED) is 0.807. The van der Waals surface area contributed by atoms with Crippen LogP contribution in [0.4, 0.5) is 24.5 Å². The fourth-order valence-corrected chi connectivity index (χ4v) is 2.10. The second-order valence-electron chi connectivity index (χ2n) is 5.36. The molecule has 0 bridgehead atoms. The maximum atomic E-state index is 13.7. The van der Waals surface area contributed by atoms with Gasteiger partial charge in [-0.25, -0.2) is 13.2 Å². The Bertz CT molecular complexity index is 737. The van der Waals surface area contributed by atoms with Crippen molar-refractivity contribution in [1.82, 2.24) is 9.88 Å². The third-order valence-corrected chi connectivity index (χ3v) is 3.49.